The van der Waals surface area contributed by atoms with Gasteiger partial charge in [0.15, 0.2) is 5.82 Å². The molecular weight excluding hydrogens is 368 g/mol. The first kappa shape index (κ1) is 17.4. The molecule has 5 nitrogen and oxygen atoms in total. The molecule has 1 aromatic heterocycles. The van der Waals surface area contributed by atoms with Crippen molar-refractivity contribution in [3.63, 3.8) is 0 Å². The van der Waals surface area contributed by atoms with Gasteiger partial charge in [-0.3, -0.25) is 4.90 Å². The van der Waals surface area contributed by atoms with Gasteiger partial charge in [0.05, 0.1) is 6.04 Å². The number of nitrogens with zero attached hydrogens (tertiary/aromatic N) is 3. The van der Waals surface area contributed by atoms with Crippen molar-refractivity contribution in [3.05, 3.63) is 46.0 Å². The van der Waals surface area contributed by atoms with Gasteiger partial charge in [0, 0.05) is 30.5 Å². The fraction of sp³-hybridized carbons (Fsp3) is 0.467. The van der Waals surface area contributed by atoms with Crippen LogP contribution in [0.4, 0.5) is 0 Å². The Morgan fingerprint density at radius 2 is 2.18 bits per heavy atom. The van der Waals surface area contributed by atoms with E-state index in [0.717, 1.165) is 42.8 Å². The maximum Gasteiger partial charge on any atom is 0.227 e. The van der Waals surface area contributed by atoms with E-state index in [0.29, 0.717) is 5.89 Å². The molecule has 0 spiro atoms. The van der Waals surface area contributed by atoms with Crippen LogP contribution < -0.4 is 5.32 Å². The van der Waals surface area contributed by atoms with Gasteiger partial charge in [-0.15, -0.1) is 12.4 Å². The summed E-state index contributed by atoms with van der Waals surface area (Å²) in [6.45, 7) is 2.89. The summed E-state index contributed by atoms with van der Waals surface area (Å²) < 4.78 is 6.52. The number of benzene rings is 1. The molecule has 1 fully saturated rings. The summed E-state index contributed by atoms with van der Waals surface area (Å²) in [4.78, 5) is 6.82. The van der Waals surface area contributed by atoms with Gasteiger partial charge in [-0.1, -0.05) is 39.3 Å². The van der Waals surface area contributed by atoms with Gasteiger partial charge in [0.1, 0.15) is 0 Å². The largest absolute Gasteiger partial charge is 0.339 e. The molecule has 2 aromatic rings. The molecule has 1 saturated heterocycles. The third-order valence-corrected chi connectivity index (χ3v) is 4.63. The molecule has 0 bridgehead atoms. The molecule has 1 N–H and O–H groups in total. The Morgan fingerprint density at radius 1 is 1.36 bits per heavy atom. The van der Waals surface area contributed by atoms with Crippen LogP contribution >= 0.6 is 28.3 Å². The lowest BCUT2D eigenvalue weighted by Crippen LogP contribution is -2.44. The first-order valence-electron chi connectivity index (χ1n) is 7.21. The van der Waals surface area contributed by atoms with E-state index < -0.39 is 0 Å². The molecule has 2 heterocycles. The zero-order valence-corrected chi connectivity index (χ0v) is 14.9. The summed E-state index contributed by atoms with van der Waals surface area (Å²) in [6, 6.07) is 8.43. The molecular formula is C15H20BrClN4O. The van der Waals surface area contributed by atoms with Gasteiger partial charge in [0.25, 0.3) is 0 Å². The van der Waals surface area contributed by atoms with Gasteiger partial charge in [0.2, 0.25) is 5.89 Å². The Labute approximate surface area is 145 Å². The predicted molar refractivity (Wildman–Crippen MR) is 91.3 cm³/mol. The summed E-state index contributed by atoms with van der Waals surface area (Å²) in [5.74, 6) is 1.49. The van der Waals surface area contributed by atoms with Crippen molar-refractivity contribution in [2.45, 2.75) is 18.9 Å². The van der Waals surface area contributed by atoms with Crippen LogP contribution in [0.25, 0.3) is 0 Å². The van der Waals surface area contributed by atoms with Crippen LogP contribution in [0.1, 0.15) is 23.3 Å². The fourth-order valence-corrected chi connectivity index (χ4v) is 3.02. The average Bonchev–Trinajstić information content (AvgIpc) is 2.96. The Kier molecular flexibility index (Phi) is 6.37. The molecule has 1 aromatic carbocycles. The lowest BCUT2D eigenvalue weighted by atomic mass is 10.1. The molecule has 3 rings (SSSR count). The minimum atomic E-state index is 0. The van der Waals surface area contributed by atoms with Crippen molar-refractivity contribution in [1.82, 2.24) is 20.4 Å². The summed E-state index contributed by atoms with van der Waals surface area (Å²) in [5, 5.41) is 7.51. The number of hydrogen-bond acceptors (Lipinski definition) is 5. The summed E-state index contributed by atoms with van der Waals surface area (Å²) >= 11 is 3.56. The van der Waals surface area contributed by atoms with Crippen LogP contribution in [0.3, 0.4) is 0 Å². The highest BCUT2D eigenvalue weighted by Gasteiger charge is 2.25. The van der Waals surface area contributed by atoms with E-state index in [2.05, 4.69) is 55.5 Å². The number of rotatable bonds is 4. The Hall–Kier alpha value is -0.950. The van der Waals surface area contributed by atoms with E-state index in [1.807, 2.05) is 12.1 Å². The molecule has 1 aliphatic heterocycles. The third-order valence-electron chi connectivity index (χ3n) is 3.86. The van der Waals surface area contributed by atoms with Crippen LogP contribution in [0, 0.1) is 0 Å². The summed E-state index contributed by atoms with van der Waals surface area (Å²) in [5.41, 5.74) is 1.26. The first-order chi connectivity index (χ1) is 10.2. The maximum absolute atomic E-state index is 5.40. The summed E-state index contributed by atoms with van der Waals surface area (Å²) in [7, 11) is 2.10. The van der Waals surface area contributed by atoms with Crippen LogP contribution in [0.2, 0.25) is 0 Å². The molecule has 0 aliphatic carbocycles. The van der Waals surface area contributed by atoms with Gasteiger partial charge < -0.3 is 9.84 Å². The van der Waals surface area contributed by atoms with Gasteiger partial charge in [-0.25, -0.2) is 0 Å². The second-order valence-corrected chi connectivity index (χ2v) is 6.19. The summed E-state index contributed by atoms with van der Waals surface area (Å²) in [6.07, 6.45) is 1.65. The van der Waals surface area contributed by atoms with Gasteiger partial charge in [-0.2, -0.15) is 4.98 Å². The van der Waals surface area contributed by atoms with E-state index >= 15 is 0 Å². The normalized spacial score (nSPS) is 18.9. The molecule has 0 radical (unpaired) electrons. The van der Waals surface area contributed by atoms with E-state index in [1.54, 1.807) is 0 Å². The zero-order chi connectivity index (χ0) is 14.7. The SMILES string of the molecule is CN1CCNCC1c1noc(CCc2ccccc2Br)n1.Cl. The van der Waals surface area contributed by atoms with Crippen molar-refractivity contribution in [1.29, 1.82) is 0 Å². The lowest BCUT2D eigenvalue weighted by molar-refractivity contribution is 0.190. The van der Waals surface area contributed by atoms with Gasteiger partial charge in [-0.05, 0) is 25.1 Å². The van der Waals surface area contributed by atoms with E-state index in [4.69, 9.17) is 4.52 Å². The van der Waals surface area contributed by atoms with Crippen LogP contribution in [0.15, 0.2) is 33.3 Å². The van der Waals surface area contributed by atoms with Crippen molar-refractivity contribution in [2.24, 2.45) is 0 Å². The number of piperazine rings is 1. The number of aromatic nitrogens is 2. The minimum absolute atomic E-state index is 0. The van der Waals surface area contributed by atoms with Crippen molar-refractivity contribution < 1.29 is 4.52 Å². The molecule has 0 amide bonds. The van der Waals surface area contributed by atoms with Crippen molar-refractivity contribution in [3.8, 4) is 0 Å². The fourth-order valence-electron chi connectivity index (χ4n) is 2.54. The Morgan fingerprint density at radius 3 is 2.95 bits per heavy atom. The molecule has 1 aliphatic rings. The first-order valence-corrected chi connectivity index (χ1v) is 8.00. The monoisotopic (exact) mass is 386 g/mol. The predicted octanol–water partition coefficient (Wildman–Crippen LogP) is 2.62. The minimum Gasteiger partial charge on any atom is -0.339 e. The number of nitrogens with one attached hydrogen (secondary N) is 1. The standard InChI is InChI=1S/C15H19BrN4O.ClH/c1-20-9-8-17-10-13(20)15-18-14(21-19-15)7-6-11-4-2-3-5-12(11)16;/h2-5,13,17H,6-10H2,1H3;1H. The highest BCUT2D eigenvalue weighted by molar-refractivity contribution is 9.10. The number of hydrogen-bond donors (Lipinski definition) is 1. The smallest absolute Gasteiger partial charge is 0.227 e. The molecule has 7 heteroatoms. The number of aryl methyl sites for hydroxylation is 2. The number of likely N-dealkylation sites (N-methyl/N-ethyl adjacent to an activating group) is 1. The van der Waals surface area contributed by atoms with Crippen molar-refractivity contribution >= 4 is 28.3 Å². The number of halogens is 2. The van der Waals surface area contributed by atoms with E-state index in [-0.39, 0.29) is 18.4 Å². The molecule has 1 atom stereocenters. The van der Waals surface area contributed by atoms with E-state index in [1.165, 1.54) is 5.56 Å². The highest BCUT2D eigenvalue weighted by atomic mass is 79.9. The Bertz CT molecular complexity index is 607. The zero-order valence-electron chi connectivity index (χ0n) is 12.5. The van der Waals surface area contributed by atoms with Crippen LogP contribution in [0.5, 0.6) is 0 Å². The van der Waals surface area contributed by atoms with Crippen LogP contribution in [-0.4, -0.2) is 41.7 Å². The molecule has 22 heavy (non-hydrogen) atoms. The lowest BCUT2D eigenvalue weighted by Gasteiger charge is -2.30. The van der Waals surface area contributed by atoms with Crippen LogP contribution in [-0.2, 0) is 12.8 Å². The van der Waals surface area contributed by atoms with E-state index in [9.17, 15) is 0 Å². The third kappa shape index (κ3) is 4.07. The highest BCUT2D eigenvalue weighted by Crippen LogP contribution is 2.20. The topological polar surface area (TPSA) is 54.2 Å². The van der Waals surface area contributed by atoms with Gasteiger partial charge >= 0.3 is 0 Å². The second kappa shape index (κ2) is 8.06. The Balaban J connectivity index is 0.00000176. The quantitative estimate of drug-likeness (QED) is 0.874. The second-order valence-electron chi connectivity index (χ2n) is 5.34. The average molecular weight is 388 g/mol. The maximum atomic E-state index is 5.40. The molecule has 1 unspecified atom stereocenters. The molecule has 0 saturated carbocycles. The molecule has 120 valence electrons. The van der Waals surface area contributed by atoms with Crippen molar-refractivity contribution in [2.75, 3.05) is 26.7 Å².